The molecular formula is C28H42Cl2Zr. The third-order valence-electron chi connectivity index (χ3n) is 8.20. The molecule has 2 fully saturated rings. The molecule has 0 bridgehead atoms. The Bertz CT molecular complexity index is 622. The summed E-state index contributed by atoms with van der Waals surface area (Å²) in [5.41, 5.74) is 6.87. The van der Waals surface area contributed by atoms with Gasteiger partial charge < -0.3 is 24.8 Å². The Hall–Kier alpha value is 0.423. The first-order chi connectivity index (χ1) is 13.3. The van der Waals surface area contributed by atoms with Crippen LogP contribution in [0.5, 0.6) is 0 Å². The van der Waals surface area contributed by atoms with E-state index in [1.54, 1.807) is 0 Å². The number of halogens is 2. The van der Waals surface area contributed by atoms with Crippen LogP contribution in [0.4, 0.5) is 0 Å². The van der Waals surface area contributed by atoms with Gasteiger partial charge in [0, 0.05) is 0 Å². The van der Waals surface area contributed by atoms with Gasteiger partial charge in [-0.3, -0.25) is 0 Å². The average molecular weight is 541 g/mol. The van der Waals surface area contributed by atoms with Gasteiger partial charge in [-0.15, -0.1) is 0 Å². The van der Waals surface area contributed by atoms with E-state index in [9.17, 15) is 0 Å². The van der Waals surface area contributed by atoms with Gasteiger partial charge in [0.2, 0.25) is 0 Å². The zero-order chi connectivity index (χ0) is 20.4. The molecule has 0 aliphatic heterocycles. The summed E-state index contributed by atoms with van der Waals surface area (Å²) < 4.78 is 0. The van der Waals surface area contributed by atoms with Crippen LogP contribution in [0, 0.1) is 34.8 Å². The first kappa shape index (κ1) is 31.4. The van der Waals surface area contributed by atoms with Crippen LogP contribution < -0.4 is 24.8 Å². The number of hydrogen-bond donors (Lipinski definition) is 0. The Morgan fingerprint density at radius 2 is 0.935 bits per heavy atom. The summed E-state index contributed by atoms with van der Waals surface area (Å²) in [7, 11) is 0. The first-order valence-corrected chi connectivity index (χ1v) is 11.9. The standard InChI is InChI=1S/2C14H21.2ClH.Zr/c2*1-11(2)14(8-4-5-9-14)13-7-6-12(3)10-13;;;/h2*7,11H,4-6,8-9H2,1-3H3;2*1H;/q2*-1;;;+4/p-2. The van der Waals surface area contributed by atoms with Gasteiger partial charge in [-0.2, -0.15) is 11.1 Å². The Kier molecular flexibility index (Phi) is 13.5. The molecule has 0 atom stereocenters. The molecule has 3 heteroatoms. The van der Waals surface area contributed by atoms with Gasteiger partial charge in [0.15, 0.2) is 0 Å². The largest absolute Gasteiger partial charge is 4.00 e. The van der Waals surface area contributed by atoms with Gasteiger partial charge in [0.1, 0.15) is 0 Å². The van der Waals surface area contributed by atoms with Crippen LogP contribution in [0.2, 0.25) is 0 Å². The summed E-state index contributed by atoms with van der Waals surface area (Å²) in [6, 6.07) is 0. The van der Waals surface area contributed by atoms with E-state index < -0.39 is 0 Å². The monoisotopic (exact) mass is 538 g/mol. The molecule has 172 valence electrons. The quantitative estimate of drug-likeness (QED) is 0.481. The normalized spacial score (nSPS) is 23.0. The molecule has 0 spiro atoms. The minimum absolute atomic E-state index is 0. The third kappa shape index (κ3) is 6.73. The summed E-state index contributed by atoms with van der Waals surface area (Å²) in [5.74, 6) is 1.55. The van der Waals surface area contributed by atoms with E-state index in [2.05, 4.69) is 65.8 Å². The van der Waals surface area contributed by atoms with Crippen LogP contribution in [-0.4, -0.2) is 0 Å². The van der Waals surface area contributed by atoms with E-state index in [1.807, 2.05) is 0 Å². The topological polar surface area (TPSA) is 0 Å². The third-order valence-corrected chi connectivity index (χ3v) is 8.20. The molecule has 0 heterocycles. The van der Waals surface area contributed by atoms with Crippen molar-refractivity contribution in [3.8, 4) is 0 Å². The van der Waals surface area contributed by atoms with Crippen LogP contribution in [0.1, 0.15) is 106 Å². The Balaban J connectivity index is 0.000000529. The number of allylic oxidation sites excluding steroid dienone is 8. The van der Waals surface area contributed by atoms with Crippen LogP contribution in [0.3, 0.4) is 0 Å². The molecule has 4 rings (SSSR count). The van der Waals surface area contributed by atoms with Crippen LogP contribution in [0.15, 0.2) is 34.4 Å². The van der Waals surface area contributed by atoms with Gasteiger partial charge >= 0.3 is 26.2 Å². The van der Waals surface area contributed by atoms with Crippen molar-refractivity contribution in [2.24, 2.45) is 22.7 Å². The molecule has 0 unspecified atom stereocenters. The van der Waals surface area contributed by atoms with Crippen molar-refractivity contribution >= 4 is 0 Å². The molecule has 0 nitrogen and oxygen atoms in total. The second-order valence-electron chi connectivity index (χ2n) is 10.5. The second kappa shape index (κ2) is 13.3. The molecule has 31 heavy (non-hydrogen) atoms. The molecule has 0 aromatic heterocycles. The summed E-state index contributed by atoms with van der Waals surface area (Å²) in [6.45, 7) is 13.9. The Morgan fingerprint density at radius 1 is 0.645 bits per heavy atom. The summed E-state index contributed by atoms with van der Waals surface area (Å²) >= 11 is 0. The van der Waals surface area contributed by atoms with E-state index in [-0.39, 0.29) is 51.0 Å². The SMILES string of the molecule is CC1=[C-]C(C2(C(C)C)CCCC2)=CC1.CC1=[C-]C(C2(C(C)C)CCCC2)=CC1.[Cl-].[Cl-].[Zr+4]. The maximum atomic E-state index is 3.60. The van der Waals surface area contributed by atoms with Crippen LogP contribution in [0.25, 0.3) is 0 Å². The zero-order valence-electron chi connectivity index (χ0n) is 20.6. The second-order valence-corrected chi connectivity index (χ2v) is 10.5. The predicted molar refractivity (Wildman–Crippen MR) is 122 cm³/mol. The van der Waals surface area contributed by atoms with Crippen molar-refractivity contribution < 1.29 is 51.0 Å². The molecule has 0 N–H and O–H groups in total. The van der Waals surface area contributed by atoms with E-state index >= 15 is 0 Å². The van der Waals surface area contributed by atoms with Crippen molar-refractivity contribution in [3.05, 3.63) is 46.6 Å². The molecule has 0 aromatic rings. The molecule has 0 aromatic carbocycles. The van der Waals surface area contributed by atoms with Crippen molar-refractivity contribution in [1.82, 2.24) is 0 Å². The van der Waals surface area contributed by atoms with E-state index in [0.717, 1.165) is 24.7 Å². The minimum Gasteiger partial charge on any atom is -1.00 e. The van der Waals surface area contributed by atoms with Gasteiger partial charge in [-0.1, -0.05) is 80.1 Å². The summed E-state index contributed by atoms with van der Waals surface area (Å²) in [5, 5.41) is 0. The molecule has 2 saturated carbocycles. The zero-order valence-corrected chi connectivity index (χ0v) is 24.6. The molecule has 4 aliphatic rings. The van der Waals surface area contributed by atoms with Crippen molar-refractivity contribution in [1.29, 1.82) is 0 Å². The molecule has 0 radical (unpaired) electrons. The van der Waals surface area contributed by atoms with Gasteiger partial charge in [0.05, 0.1) is 0 Å². The molecule has 0 amide bonds. The van der Waals surface area contributed by atoms with Gasteiger partial charge in [-0.05, 0) is 48.3 Å². The van der Waals surface area contributed by atoms with Crippen molar-refractivity contribution in [2.45, 2.75) is 106 Å². The summed E-state index contributed by atoms with van der Waals surface area (Å²) in [6.07, 6.45) is 25.5. The molecule has 0 saturated heterocycles. The Labute approximate surface area is 224 Å². The predicted octanol–water partition coefficient (Wildman–Crippen LogP) is 2.57. The average Bonchev–Trinajstić information content (AvgIpc) is 3.42. The number of hydrogen-bond acceptors (Lipinski definition) is 0. The minimum atomic E-state index is 0. The van der Waals surface area contributed by atoms with Crippen molar-refractivity contribution in [2.75, 3.05) is 0 Å². The van der Waals surface area contributed by atoms with E-state index in [4.69, 9.17) is 0 Å². The fourth-order valence-corrected chi connectivity index (χ4v) is 6.16. The smallest absolute Gasteiger partial charge is 1.00 e. The van der Waals surface area contributed by atoms with Crippen molar-refractivity contribution in [3.63, 3.8) is 0 Å². The molecule has 4 aliphatic carbocycles. The first-order valence-electron chi connectivity index (χ1n) is 11.9. The van der Waals surface area contributed by atoms with E-state index in [0.29, 0.717) is 10.8 Å². The molecular weight excluding hydrogens is 498 g/mol. The van der Waals surface area contributed by atoms with Crippen LogP contribution >= 0.6 is 0 Å². The van der Waals surface area contributed by atoms with E-state index in [1.165, 1.54) is 73.7 Å². The fourth-order valence-electron chi connectivity index (χ4n) is 6.16. The van der Waals surface area contributed by atoms with Crippen LogP contribution in [-0.2, 0) is 26.2 Å². The maximum Gasteiger partial charge on any atom is 4.00 e. The number of rotatable bonds is 4. The Morgan fingerprint density at radius 3 is 1.13 bits per heavy atom. The maximum absolute atomic E-state index is 3.60. The summed E-state index contributed by atoms with van der Waals surface area (Å²) in [4.78, 5) is 0. The van der Waals surface area contributed by atoms with Gasteiger partial charge in [0.25, 0.3) is 0 Å². The van der Waals surface area contributed by atoms with Gasteiger partial charge in [-0.25, -0.2) is 35.5 Å². The fraction of sp³-hybridized carbons (Fsp3) is 0.714.